The number of benzene rings is 1. The molecule has 0 saturated carbocycles. The van der Waals surface area contributed by atoms with Gasteiger partial charge in [0, 0.05) is 29.9 Å². The van der Waals surface area contributed by atoms with E-state index in [0.29, 0.717) is 18.8 Å². The summed E-state index contributed by atoms with van der Waals surface area (Å²) in [5.41, 5.74) is 7.82. The van der Waals surface area contributed by atoms with E-state index in [1.807, 2.05) is 11.9 Å². The van der Waals surface area contributed by atoms with E-state index in [1.165, 1.54) is 18.2 Å². The van der Waals surface area contributed by atoms with E-state index in [0.717, 1.165) is 16.8 Å². The Labute approximate surface area is 148 Å². The van der Waals surface area contributed by atoms with Gasteiger partial charge in [-0.2, -0.15) is 5.10 Å². The molecule has 0 aliphatic rings. The highest BCUT2D eigenvalue weighted by Crippen LogP contribution is 2.22. The predicted octanol–water partition coefficient (Wildman–Crippen LogP) is 1.64. The number of pyridine rings is 1. The molecule has 0 saturated heterocycles. The smallest absolute Gasteiger partial charge is 0.261 e. The van der Waals surface area contributed by atoms with Crippen LogP contribution in [0.2, 0.25) is 0 Å². The molecule has 0 radical (unpaired) electrons. The predicted molar refractivity (Wildman–Crippen MR) is 94.7 cm³/mol. The maximum Gasteiger partial charge on any atom is 0.261 e. The van der Waals surface area contributed by atoms with Gasteiger partial charge < -0.3 is 10.7 Å². The number of halogens is 1. The summed E-state index contributed by atoms with van der Waals surface area (Å²) in [4.78, 5) is 27.6. The van der Waals surface area contributed by atoms with Gasteiger partial charge in [-0.05, 0) is 43.4 Å². The van der Waals surface area contributed by atoms with Crippen molar-refractivity contribution in [2.45, 2.75) is 13.1 Å². The topological polar surface area (TPSA) is 108 Å². The molecule has 0 atom stereocenters. The normalized spacial score (nSPS) is 11.0. The maximum atomic E-state index is 13.1. The van der Waals surface area contributed by atoms with Gasteiger partial charge in [0.25, 0.3) is 11.5 Å². The minimum atomic E-state index is -0.756. The van der Waals surface area contributed by atoms with E-state index in [-0.39, 0.29) is 11.4 Å². The summed E-state index contributed by atoms with van der Waals surface area (Å²) in [6.07, 6.45) is 1.72. The second kappa shape index (κ2) is 7.32. The van der Waals surface area contributed by atoms with Crippen molar-refractivity contribution in [1.29, 1.82) is 0 Å². The van der Waals surface area contributed by atoms with Crippen molar-refractivity contribution in [3.8, 4) is 11.3 Å². The number of nitrogens with two attached hydrogens (primary N) is 1. The van der Waals surface area contributed by atoms with Crippen LogP contribution in [0.15, 0.2) is 47.4 Å². The number of carbonyl (C=O) groups is 1. The monoisotopic (exact) mass is 355 g/mol. The molecule has 3 aromatic rings. The van der Waals surface area contributed by atoms with Gasteiger partial charge in [0.05, 0.1) is 11.9 Å². The number of nitrogens with zero attached hydrogens (tertiary/aromatic N) is 2. The Hall–Kier alpha value is -3.26. The molecular weight excluding hydrogens is 337 g/mol. The van der Waals surface area contributed by atoms with Crippen molar-refractivity contribution in [1.82, 2.24) is 20.1 Å². The van der Waals surface area contributed by atoms with Gasteiger partial charge in [-0.3, -0.25) is 19.6 Å². The highest BCUT2D eigenvalue weighted by molar-refractivity contribution is 5.92. The molecule has 0 spiro atoms. The number of nitrogens with one attached hydrogen (secondary N) is 2. The van der Waals surface area contributed by atoms with Crippen LogP contribution in [0, 0.1) is 5.82 Å². The number of amides is 1. The average molecular weight is 355 g/mol. The van der Waals surface area contributed by atoms with Crippen molar-refractivity contribution >= 4 is 5.91 Å². The zero-order valence-corrected chi connectivity index (χ0v) is 14.1. The molecule has 1 aromatic carbocycles. The molecule has 0 aliphatic carbocycles. The Bertz CT molecular complexity index is 978. The van der Waals surface area contributed by atoms with Crippen LogP contribution in [-0.2, 0) is 13.1 Å². The molecule has 4 N–H and O–H groups in total. The number of H-pyrrole nitrogens is 2. The highest BCUT2D eigenvalue weighted by atomic mass is 19.1. The molecule has 7 nitrogen and oxygen atoms in total. The molecule has 1 amide bonds. The largest absolute Gasteiger partial charge is 0.365 e. The van der Waals surface area contributed by atoms with Gasteiger partial charge in [-0.1, -0.05) is 0 Å². The minimum absolute atomic E-state index is 0.0650. The molecular formula is C18H18FN5O2. The highest BCUT2D eigenvalue weighted by Gasteiger charge is 2.12. The van der Waals surface area contributed by atoms with E-state index in [4.69, 9.17) is 5.73 Å². The van der Waals surface area contributed by atoms with Gasteiger partial charge in [0.1, 0.15) is 11.4 Å². The Morgan fingerprint density at radius 3 is 2.58 bits per heavy atom. The van der Waals surface area contributed by atoms with Crippen LogP contribution < -0.4 is 11.3 Å². The van der Waals surface area contributed by atoms with Crippen molar-refractivity contribution in [3.63, 3.8) is 0 Å². The molecule has 2 heterocycles. The van der Waals surface area contributed by atoms with Crippen LogP contribution in [0.4, 0.5) is 4.39 Å². The molecule has 26 heavy (non-hydrogen) atoms. The quantitative estimate of drug-likeness (QED) is 0.624. The van der Waals surface area contributed by atoms with Gasteiger partial charge in [0.15, 0.2) is 0 Å². The second-order valence-corrected chi connectivity index (χ2v) is 6.04. The van der Waals surface area contributed by atoms with E-state index in [2.05, 4.69) is 15.2 Å². The third-order valence-electron chi connectivity index (χ3n) is 3.97. The molecule has 0 unspecified atom stereocenters. The van der Waals surface area contributed by atoms with Crippen LogP contribution >= 0.6 is 0 Å². The third-order valence-corrected chi connectivity index (χ3v) is 3.97. The van der Waals surface area contributed by atoms with E-state index >= 15 is 0 Å². The summed E-state index contributed by atoms with van der Waals surface area (Å²) in [6.45, 7) is 1.02. The second-order valence-electron chi connectivity index (χ2n) is 6.04. The molecule has 0 fully saturated rings. The molecule has 134 valence electrons. The summed E-state index contributed by atoms with van der Waals surface area (Å²) in [5, 5.41) is 7.00. The lowest BCUT2D eigenvalue weighted by molar-refractivity contribution is 0.0999. The molecule has 2 aromatic heterocycles. The SMILES string of the molecule is CN(Cc1ccc(C(N)=O)c(=O)[nH]1)Cc1cn[nH]c1-c1ccc(F)cc1. The van der Waals surface area contributed by atoms with Gasteiger partial charge in [-0.25, -0.2) is 4.39 Å². The maximum absolute atomic E-state index is 13.1. The van der Waals surface area contributed by atoms with Crippen LogP contribution in [0.3, 0.4) is 0 Å². The first-order valence-electron chi connectivity index (χ1n) is 7.93. The van der Waals surface area contributed by atoms with E-state index in [9.17, 15) is 14.0 Å². The first-order chi connectivity index (χ1) is 12.4. The molecule has 0 aliphatic heterocycles. The zero-order valence-electron chi connectivity index (χ0n) is 14.1. The lowest BCUT2D eigenvalue weighted by Gasteiger charge is -2.16. The van der Waals surface area contributed by atoms with Crippen LogP contribution in [0.1, 0.15) is 21.6 Å². The number of hydrogen-bond acceptors (Lipinski definition) is 4. The fraction of sp³-hybridized carbons (Fsp3) is 0.167. The van der Waals surface area contributed by atoms with Gasteiger partial charge in [-0.15, -0.1) is 0 Å². The third kappa shape index (κ3) is 3.86. The minimum Gasteiger partial charge on any atom is -0.365 e. The molecule has 3 rings (SSSR count). The van der Waals surface area contributed by atoms with E-state index < -0.39 is 11.5 Å². The van der Waals surface area contributed by atoms with Crippen LogP contribution in [0.25, 0.3) is 11.3 Å². The first-order valence-corrected chi connectivity index (χ1v) is 7.93. The molecule has 8 heteroatoms. The summed E-state index contributed by atoms with van der Waals surface area (Å²) < 4.78 is 13.1. The van der Waals surface area contributed by atoms with Crippen molar-refractivity contribution in [2.24, 2.45) is 5.73 Å². The number of carbonyl (C=O) groups excluding carboxylic acids is 1. The van der Waals surface area contributed by atoms with Gasteiger partial charge in [0.2, 0.25) is 0 Å². The fourth-order valence-electron chi connectivity index (χ4n) is 2.74. The zero-order chi connectivity index (χ0) is 18.7. The Morgan fingerprint density at radius 2 is 1.92 bits per heavy atom. The van der Waals surface area contributed by atoms with Crippen molar-refractivity contribution in [3.05, 3.63) is 75.6 Å². The lowest BCUT2D eigenvalue weighted by atomic mass is 10.1. The summed E-state index contributed by atoms with van der Waals surface area (Å²) in [6, 6.07) is 9.25. The lowest BCUT2D eigenvalue weighted by Crippen LogP contribution is -2.26. The first kappa shape index (κ1) is 17.6. The average Bonchev–Trinajstić information content (AvgIpc) is 3.03. The number of rotatable bonds is 6. The molecule has 0 bridgehead atoms. The summed E-state index contributed by atoms with van der Waals surface area (Å²) in [7, 11) is 1.89. The van der Waals surface area contributed by atoms with E-state index in [1.54, 1.807) is 24.4 Å². The summed E-state index contributed by atoms with van der Waals surface area (Å²) in [5.74, 6) is -1.05. The van der Waals surface area contributed by atoms with Crippen LogP contribution in [0.5, 0.6) is 0 Å². The standard InChI is InChI=1S/C18H18FN5O2/c1-24(10-14-6-7-15(17(20)25)18(26)22-14)9-12-8-21-23-16(12)11-2-4-13(19)5-3-11/h2-8H,9-10H2,1H3,(H2,20,25)(H,21,23)(H,22,26). The summed E-state index contributed by atoms with van der Waals surface area (Å²) >= 11 is 0. The number of hydrogen-bond donors (Lipinski definition) is 3. The number of primary amides is 1. The number of aromatic nitrogens is 3. The Balaban J connectivity index is 1.73. The number of aromatic amines is 2. The van der Waals surface area contributed by atoms with Crippen LogP contribution in [-0.4, -0.2) is 33.0 Å². The van der Waals surface area contributed by atoms with Crippen molar-refractivity contribution in [2.75, 3.05) is 7.05 Å². The Kier molecular flexibility index (Phi) is 4.94. The van der Waals surface area contributed by atoms with Crippen molar-refractivity contribution < 1.29 is 9.18 Å². The fourth-order valence-corrected chi connectivity index (χ4v) is 2.74. The van der Waals surface area contributed by atoms with Gasteiger partial charge >= 0.3 is 0 Å². The Morgan fingerprint density at radius 1 is 1.19 bits per heavy atom.